The molecular formula is C22H25ClN2O. The van der Waals surface area contributed by atoms with Crippen LogP contribution in [0.25, 0.3) is 0 Å². The molecule has 0 amide bonds. The Kier molecular flexibility index (Phi) is 6.00. The number of ketones is 1. The van der Waals surface area contributed by atoms with Crippen LogP contribution in [0.5, 0.6) is 0 Å². The maximum Gasteiger partial charge on any atom is 0.160 e. The van der Waals surface area contributed by atoms with Gasteiger partial charge in [0.1, 0.15) is 0 Å². The fraction of sp³-hybridized carbons (Fsp3) is 0.318. The molecule has 0 saturated carbocycles. The van der Waals surface area contributed by atoms with Gasteiger partial charge in [-0.25, -0.2) is 0 Å². The van der Waals surface area contributed by atoms with Crippen molar-refractivity contribution in [2.45, 2.75) is 39.5 Å². The normalized spacial score (nSPS) is 14.5. The number of anilines is 2. The maximum atomic E-state index is 11.9. The number of carbonyl (C=O) groups is 1. The molecule has 4 heteroatoms. The molecule has 0 atom stereocenters. The molecule has 0 bridgehead atoms. The second-order valence-corrected chi connectivity index (χ2v) is 7.21. The van der Waals surface area contributed by atoms with E-state index in [0.717, 1.165) is 48.5 Å². The van der Waals surface area contributed by atoms with E-state index in [1.54, 1.807) is 0 Å². The van der Waals surface area contributed by atoms with E-state index in [0.29, 0.717) is 11.4 Å². The zero-order chi connectivity index (χ0) is 18.5. The minimum Gasteiger partial charge on any atom is -0.385 e. The molecular weight excluding hydrogens is 344 g/mol. The van der Waals surface area contributed by atoms with Crippen molar-refractivity contribution in [2.75, 3.05) is 17.2 Å². The van der Waals surface area contributed by atoms with E-state index in [1.807, 2.05) is 25.1 Å². The van der Waals surface area contributed by atoms with Crippen molar-refractivity contribution < 1.29 is 4.79 Å². The first-order valence-corrected chi connectivity index (χ1v) is 9.50. The van der Waals surface area contributed by atoms with Crippen LogP contribution in [0.3, 0.4) is 0 Å². The topological polar surface area (TPSA) is 41.1 Å². The Labute approximate surface area is 160 Å². The van der Waals surface area contributed by atoms with Crippen molar-refractivity contribution in [3.8, 4) is 0 Å². The minimum absolute atomic E-state index is 0.224. The number of nitrogens with one attached hydrogen (secondary N) is 2. The number of halogens is 1. The highest BCUT2D eigenvalue weighted by Crippen LogP contribution is 2.30. The van der Waals surface area contributed by atoms with Crippen LogP contribution in [-0.2, 0) is 11.2 Å². The van der Waals surface area contributed by atoms with Gasteiger partial charge in [0.25, 0.3) is 0 Å². The zero-order valence-corrected chi connectivity index (χ0v) is 16.1. The molecule has 0 spiro atoms. The first-order valence-electron chi connectivity index (χ1n) is 9.12. The van der Waals surface area contributed by atoms with E-state index in [2.05, 4.69) is 41.8 Å². The number of aryl methyl sites for hydroxylation is 1. The molecule has 1 aliphatic carbocycles. The second-order valence-electron chi connectivity index (χ2n) is 6.80. The zero-order valence-electron chi connectivity index (χ0n) is 15.4. The first kappa shape index (κ1) is 18.5. The van der Waals surface area contributed by atoms with Gasteiger partial charge in [-0.1, -0.05) is 35.9 Å². The number of allylic oxidation sites excluding steroid dienone is 2. The summed E-state index contributed by atoms with van der Waals surface area (Å²) in [6.45, 7) is 4.88. The van der Waals surface area contributed by atoms with Crippen molar-refractivity contribution in [1.82, 2.24) is 0 Å². The lowest BCUT2D eigenvalue weighted by atomic mass is 9.96. The molecule has 0 fully saturated rings. The molecule has 3 rings (SSSR count). The summed E-state index contributed by atoms with van der Waals surface area (Å²) < 4.78 is 0. The third-order valence-electron chi connectivity index (χ3n) is 4.94. The third-order valence-corrected chi connectivity index (χ3v) is 5.27. The smallest absolute Gasteiger partial charge is 0.160 e. The van der Waals surface area contributed by atoms with Crippen LogP contribution in [0.1, 0.15) is 37.3 Å². The lowest BCUT2D eigenvalue weighted by molar-refractivity contribution is -0.116. The second kappa shape index (κ2) is 8.41. The van der Waals surface area contributed by atoms with Crippen LogP contribution < -0.4 is 10.6 Å². The number of hydrogen-bond donors (Lipinski definition) is 2. The third kappa shape index (κ3) is 4.47. The molecule has 3 nitrogen and oxygen atoms in total. The molecule has 136 valence electrons. The summed E-state index contributed by atoms with van der Waals surface area (Å²) in [5, 5.41) is 7.50. The fourth-order valence-electron chi connectivity index (χ4n) is 3.25. The number of Topliss-reactive ketones (excluding diaryl/α,β-unsaturated/α-hetero) is 1. The summed E-state index contributed by atoms with van der Waals surface area (Å²) in [7, 11) is 0. The van der Waals surface area contributed by atoms with E-state index in [4.69, 9.17) is 11.6 Å². The van der Waals surface area contributed by atoms with Gasteiger partial charge in [-0.15, -0.1) is 0 Å². The van der Waals surface area contributed by atoms with Gasteiger partial charge in [-0.3, -0.25) is 4.79 Å². The Hall–Kier alpha value is -2.26. The van der Waals surface area contributed by atoms with Crippen molar-refractivity contribution >= 4 is 28.8 Å². The Balaban J connectivity index is 1.67. The summed E-state index contributed by atoms with van der Waals surface area (Å²) in [6, 6.07) is 14.3. The highest BCUT2D eigenvalue weighted by Gasteiger charge is 2.17. The molecule has 0 saturated heterocycles. The minimum atomic E-state index is 0.224. The van der Waals surface area contributed by atoms with Crippen molar-refractivity contribution in [1.29, 1.82) is 0 Å². The SMILES string of the molecule is CC1=C(Nc2cc(NCCc3ccccc3C)ccc2Cl)CCCC1=O. The predicted molar refractivity (Wildman–Crippen MR) is 110 cm³/mol. The highest BCUT2D eigenvalue weighted by molar-refractivity contribution is 6.33. The Morgan fingerprint density at radius 3 is 2.69 bits per heavy atom. The summed E-state index contributed by atoms with van der Waals surface area (Å²) in [5.41, 5.74) is 6.35. The fourth-order valence-corrected chi connectivity index (χ4v) is 3.42. The van der Waals surface area contributed by atoms with Gasteiger partial charge in [-0.2, -0.15) is 0 Å². The maximum absolute atomic E-state index is 11.9. The molecule has 0 aromatic heterocycles. The van der Waals surface area contributed by atoms with Gasteiger partial charge in [0.05, 0.1) is 10.7 Å². The van der Waals surface area contributed by atoms with Crippen molar-refractivity contribution in [3.05, 3.63) is 69.9 Å². The number of hydrogen-bond acceptors (Lipinski definition) is 3. The molecule has 0 heterocycles. The summed E-state index contributed by atoms with van der Waals surface area (Å²) in [4.78, 5) is 11.9. The van der Waals surface area contributed by atoms with Crippen LogP contribution in [0.15, 0.2) is 53.7 Å². The Morgan fingerprint density at radius 2 is 1.88 bits per heavy atom. The van der Waals surface area contributed by atoms with E-state index in [-0.39, 0.29) is 5.78 Å². The molecule has 1 aliphatic rings. The quantitative estimate of drug-likeness (QED) is 0.682. The van der Waals surface area contributed by atoms with Gasteiger partial charge in [0.15, 0.2) is 5.78 Å². The number of rotatable bonds is 6. The molecule has 0 radical (unpaired) electrons. The average Bonchev–Trinajstić information content (AvgIpc) is 2.63. The molecule has 2 N–H and O–H groups in total. The monoisotopic (exact) mass is 368 g/mol. The average molecular weight is 369 g/mol. The number of carbonyl (C=O) groups excluding carboxylic acids is 1. The predicted octanol–water partition coefficient (Wildman–Crippen LogP) is 5.74. The van der Waals surface area contributed by atoms with Gasteiger partial charge in [0, 0.05) is 29.9 Å². The first-order chi connectivity index (χ1) is 12.5. The Bertz CT molecular complexity index is 842. The van der Waals surface area contributed by atoms with E-state index in [9.17, 15) is 4.79 Å². The summed E-state index contributed by atoms with van der Waals surface area (Å²) in [6.07, 6.45) is 3.39. The summed E-state index contributed by atoms with van der Waals surface area (Å²) in [5.74, 6) is 0.224. The van der Waals surface area contributed by atoms with Crippen LogP contribution in [0.4, 0.5) is 11.4 Å². The molecule has 0 unspecified atom stereocenters. The lowest BCUT2D eigenvalue weighted by Crippen LogP contribution is -2.14. The van der Waals surface area contributed by atoms with Gasteiger partial charge < -0.3 is 10.6 Å². The van der Waals surface area contributed by atoms with Gasteiger partial charge >= 0.3 is 0 Å². The lowest BCUT2D eigenvalue weighted by Gasteiger charge is -2.20. The standard InChI is InChI=1S/C22H25ClN2O/c1-15-6-3-4-7-17(15)12-13-24-18-10-11-19(23)21(14-18)25-20-8-5-9-22(26)16(20)2/h3-4,6-7,10-11,14,24-25H,5,8-9,12-13H2,1-2H3. The van der Waals surface area contributed by atoms with Crippen molar-refractivity contribution in [2.24, 2.45) is 0 Å². The van der Waals surface area contributed by atoms with Gasteiger partial charge in [-0.05, 0) is 62.4 Å². The molecule has 2 aromatic carbocycles. The van der Waals surface area contributed by atoms with E-state index in [1.165, 1.54) is 11.1 Å². The van der Waals surface area contributed by atoms with Crippen LogP contribution in [0, 0.1) is 6.92 Å². The van der Waals surface area contributed by atoms with Gasteiger partial charge in [0.2, 0.25) is 0 Å². The summed E-state index contributed by atoms with van der Waals surface area (Å²) >= 11 is 6.35. The molecule has 0 aliphatic heterocycles. The highest BCUT2D eigenvalue weighted by atomic mass is 35.5. The molecule has 2 aromatic rings. The molecule has 26 heavy (non-hydrogen) atoms. The van der Waals surface area contributed by atoms with Crippen LogP contribution >= 0.6 is 11.6 Å². The van der Waals surface area contributed by atoms with Crippen LogP contribution in [0.2, 0.25) is 5.02 Å². The Morgan fingerprint density at radius 1 is 1.08 bits per heavy atom. The van der Waals surface area contributed by atoms with E-state index < -0.39 is 0 Å². The van der Waals surface area contributed by atoms with Crippen molar-refractivity contribution in [3.63, 3.8) is 0 Å². The number of benzene rings is 2. The van der Waals surface area contributed by atoms with E-state index >= 15 is 0 Å². The largest absolute Gasteiger partial charge is 0.385 e. The van der Waals surface area contributed by atoms with Crippen LogP contribution in [-0.4, -0.2) is 12.3 Å².